The molecule has 6 heteroatoms. The second-order valence-electron chi connectivity index (χ2n) is 6.43. The first-order valence-electron chi connectivity index (χ1n) is 9.07. The number of methoxy groups -OCH3 is 1. The number of rotatable bonds is 9. The number of benzene rings is 1. The van der Waals surface area contributed by atoms with E-state index in [0.717, 1.165) is 38.1 Å². The Balaban J connectivity index is 1.75. The molecule has 1 unspecified atom stereocenters. The van der Waals surface area contributed by atoms with Crippen LogP contribution in [0.4, 0.5) is 0 Å². The lowest BCUT2D eigenvalue weighted by Crippen LogP contribution is -2.39. The monoisotopic (exact) mass is 346 g/mol. The maximum absolute atomic E-state index is 11.7. The van der Waals surface area contributed by atoms with E-state index in [4.69, 9.17) is 4.74 Å². The molecule has 138 valence electrons. The highest BCUT2D eigenvalue weighted by molar-refractivity contribution is 5.85. The molecule has 1 fully saturated rings. The van der Waals surface area contributed by atoms with Crippen LogP contribution in [-0.4, -0.2) is 44.7 Å². The van der Waals surface area contributed by atoms with Crippen LogP contribution in [-0.2, 0) is 4.79 Å². The highest BCUT2D eigenvalue weighted by Gasteiger charge is 2.22. The summed E-state index contributed by atoms with van der Waals surface area (Å²) >= 11 is 0. The molecule has 0 heterocycles. The summed E-state index contributed by atoms with van der Waals surface area (Å²) in [5.74, 6) is 1.99. The molecule has 0 bridgehead atoms. The molecule has 1 saturated carbocycles. The van der Waals surface area contributed by atoms with Gasteiger partial charge in [-0.25, -0.2) is 4.99 Å². The second kappa shape index (κ2) is 9.91. The Kier molecular flexibility index (Phi) is 7.57. The van der Waals surface area contributed by atoms with Gasteiger partial charge in [0.15, 0.2) is 5.96 Å². The van der Waals surface area contributed by atoms with Gasteiger partial charge in [-0.05, 0) is 49.8 Å². The normalized spacial score (nSPS) is 15.4. The first-order chi connectivity index (χ1) is 12.1. The van der Waals surface area contributed by atoms with Gasteiger partial charge in [0, 0.05) is 19.1 Å². The Labute approximate surface area is 150 Å². The lowest BCUT2D eigenvalue weighted by molar-refractivity contribution is -0.119. The predicted molar refractivity (Wildman–Crippen MR) is 101 cm³/mol. The molecule has 1 aliphatic carbocycles. The number of ether oxygens (including phenoxy) is 1. The Bertz CT molecular complexity index is 567. The molecule has 6 nitrogen and oxygen atoms in total. The van der Waals surface area contributed by atoms with E-state index in [1.54, 1.807) is 7.11 Å². The molecule has 1 aromatic carbocycles. The number of aliphatic imine (C=N–C) groups is 1. The zero-order chi connectivity index (χ0) is 18.1. The molecule has 0 aromatic heterocycles. The van der Waals surface area contributed by atoms with Gasteiger partial charge < -0.3 is 20.7 Å². The van der Waals surface area contributed by atoms with Gasteiger partial charge in [-0.1, -0.05) is 19.1 Å². The summed E-state index contributed by atoms with van der Waals surface area (Å²) in [5.41, 5.74) is 1.29. The molecule has 25 heavy (non-hydrogen) atoms. The minimum atomic E-state index is -0.00805. The minimum absolute atomic E-state index is 0.00805. The fourth-order valence-electron chi connectivity index (χ4n) is 2.50. The molecular weight excluding hydrogens is 316 g/mol. The largest absolute Gasteiger partial charge is 0.497 e. The van der Waals surface area contributed by atoms with Crippen molar-refractivity contribution < 1.29 is 9.53 Å². The molecule has 1 aliphatic rings. The third-order valence-corrected chi connectivity index (χ3v) is 4.22. The number of hydrogen-bond acceptors (Lipinski definition) is 3. The standard InChI is InChI=1S/C19H30N4O2/c1-4-20-19(22-13-18(24)23-16-7-8-16)21-12-11-14(2)15-5-9-17(25-3)10-6-15/h5-6,9-10,14,16H,4,7-8,11-13H2,1-3H3,(H,23,24)(H2,20,21,22). The number of nitrogens with zero attached hydrogens (tertiary/aromatic N) is 1. The summed E-state index contributed by atoms with van der Waals surface area (Å²) in [7, 11) is 1.68. The van der Waals surface area contributed by atoms with Gasteiger partial charge in [-0.2, -0.15) is 0 Å². The van der Waals surface area contributed by atoms with Gasteiger partial charge in [0.2, 0.25) is 5.91 Å². The second-order valence-corrected chi connectivity index (χ2v) is 6.43. The molecule has 0 spiro atoms. The van der Waals surface area contributed by atoms with Gasteiger partial charge in [0.25, 0.3) is 0 Å². The predicted octanol–water partition coefficient (Wildman–Crippen LogP) is 2.02. The van der Waals surface area contributed by atoms with Crippen molar-refractivity contribution >= 4 is 11.9 Å². The van der Waals surface area contributed by atoms with E-state index in [-0.39, 0.29) is 12.5 Å². The molecule has 0 aliphatic heterocycles. The summed E-state index contributed by atoms with van der Waals surface area (Å²) in [5, 5.41) is 9.42. The summed E-state index contributed by atoms with van der Waals surface area (Å²) in [6.07, 6.45) is 3.17. The van der Waals surface area contributed by atoms with Crippen molar-refractivity contribution in [3.63, 3.8) is 0 Å². The van der Waals surface area contributed by atoms with E-state index in [1.165, 1.54) is 5.56 Å². The lowest BCUT2D eigenvalue weighted by Gasteiger charge is -2.15. The Hall–Kier alpha value is -2.24. The van der Waals surface area contributed by atoms with Crippen molar-refractivity contribution in [2.45, 2.75) is 45.1 Å². The van der Waals surface area contributed by atoms with Crippen molar-refractivity contribution in [2.24, 2.45) is 4.99 Å². The number of nitrogens with one attached hydrogen (secondary N) is 3. The summed E-state index contributed by atoms with van der Waals surface area (Å²) < 4.78 is 5.19. The van der Waals surface area contributed by atoms with Gasteiger partial charge in [-0.15, -0.1) is 0 Å². The Morgan fingerprint density at radius 1 is 1.28 bits per heavy atom. The van der Waals surface area contributed by atoms with Crippen LogP contribution in [0.25, 0.3) is 0 Å². The van der Waals surface area contributed by atoms with Crippen molar-refractivity contribution in [3.05, 3.63) is 29.8 Å². The first kappa shape index (κ1) is 19.1. The van der Waals surface area contributed by atoms with Gasteiger partial charge in [-0.3, -0.25) is 4.79 Å². The Morgan fingerprint density at radius 2 is 2.00 bits per heavy atom. The highest BCUT2D eigenvalue weighted by atomic mass is 16.5. The van der Waals surface area contributed by atoms with Gasteiger partial charge in [0.1, 0.15) is 12.3 Å². The molecule has 1 aromatic rings. The van der Waals surface area contributed by atoms with E-state index in [2.05, 4.69) is 40.0 Å². The molecule has 1 atom stereocenters. The zero-order valence-electron chi connectivity index (χ0n) is 15.5. The average molecular weight is 346 g/mol. The highest BCUT2D eigenvalue weighted by Crippen LogP contribution is 2.21. The van der Waals surface area contributed by atoms with Gasteiger partial charge >= 0.3 is 0 Å². The molecule has 0 radical (unpaired) electrons. The van der Waals surface area contributed by atoms with E-state index in [1.807, 2.05) is 19.1 Å². The van der Waals surface area contributed by atoms with Crippen LogP contribution in [0.5, 0.6) is 5.75 Å². The van der Waals surface area contributed by atoms with Crippen LogP contribution in [0.3, 0.4) is 0 Å². The zero-order valence-corrected chi connectivity index (χ0v) is 15.5. The molecule has 1 amide bonds. The number of hydrogen-bond donors (Lipinski definition) is 3. The smallest absolute Gasteiger partial charge is 0.242 e. The van der Waals surface area contributed by atoms with E-state index >= 15 is 0 Å². The minimum Gasteiger partial charge on any atom is -0.497 e. The number of amides is 1. The van der Waals surface area contributed by atoms with Crippen LogP contribution < -0.4 is 20.7 Å². The van der Waals surface area contributed by atoms with Crippen molar-refractivity contribution in [2.75, 3.05) is 26.7 Å². The van der Waals surface area contributed by atoms with E-state index in [0.29, 0.717) is 17.9 Å². The van der Waals surface area contributed by atoms with Crippen LogP contribution in [0.15, 0.2) is 29.3 Å². The number of guanidine groups is 1. The SMILES string of the molecule is CCNC(=NCC(=O)NC1CC1)NCCC(C)c1ccc(OC)cc1. The maximum Gasteiger partial charge on any atom is 0.242 e. The summed E-state index contributed by atoms with van der Waals surface area (Å²) in [4.78, 5) is 16.1. The topological polar surface area (TPSA) is 74.8 Å². The fraction of sp³-hybridized carbons (Fsp3) is 0.579. The summed E-state index contributed by atoms with van der Waals surface area (Å²) in [6, 6.07) is 8.56. The quantitative estimate of drug-likeness (QED) is 0.472. The van der Waals surface area contributed by atoms with Crippen molar-refractivity contribution in [3.8, 4) is 5.75 Å². The lowest BCUT2D eigenvalue weighted by atomic mass is 9.98. The Morgan fingerprint density at radius 3 is 2.60 bits per heavy atom. The van der Waals surface area contributed by atoms with Crippen molar-refractivity contribution in [1.29, 1.82) is 0 Å². The van der Waals surface area contributed by atoms with Crippen LogP contribution in [0, 0.1) is 0 Å². The van der Waals surface area contributed by atoms with Crippen LogP contribution in [0.2, 0.25) is 0 Å². The average Bonchev–Trinajstić information content (AvgIpc) is 3.43. The van der Waals surface area contributed by atoms with Crippen molar-refractivity contribution in [1.82, 2.24) is 16.0 Å². The number of carbonyl (C=O) groups excluding carboxylic acids is 1. The first-order valence-corrected chi connectivity index (χ1v) is 9.07. The van der Waals surface area contributed by atoms with Crippen LogP contribution >= 0.6 is 0 Å². The molecule has 2 rings (SSSR count). The third kappa shape index (κ3) is 7.03. The molecular formula is C19H30N4O2. The van der Waals surface area contributed by atoms with E-state index < -0.39 is 0 Å². The molecule has 3 N–H and O–H groups in total. The van der Waals surface area contributed by atoms with Gasteiger partial charge in [0.05, 0.1) is 7.11 Å². The number of carbonyl (C=O) groups is 1. The van der Waals surface area contributed by atoms with Crippen LogP contribution in [0.1, 0.15) is 44.6 Å². The van der Waals surface area contributed by atoms with E-state index in [9.17, 15) is 4.79 Å². The molecule has 0 saturated heterocycles. The third-order valence-electron chi connectivity index (χ3n) is 4.22. The summed E-state index contributed by atoms with van der Waals surface area (Å²) in [6.45, 7) is 5.95. The maximum atomic E-state index is 11.7. The fourth-order valence-corrected chi connectivity index (χ4v) is 2.50.